The van der Waals surface area contributed by atoms with Gasteiger partial charge in [0.15, 0.2) is 0 Å². The van der Waals surface area contributed by atoms with Crippen molar-refractivity contribution in [3.63, 3.8) is 0 Å². The molecule has 0 spiro atoms. The molecule has 33 heavy (non-hydrogen) atoms. The summed E-state index contributed by atoms with van der Waals surface area (Å²) in [4.78, 5) is 19.0. The number of hydrogen-bond acceptors (Lipinski definition) is 3. The summed E-state index contributed by atoms with van der Waals surface area (Å²) in [6, 6.07) is 12.9. The van der Waals surface area contributed by atoms with E-state index in [1.165, 1.54) is 38.9 Å². The summed E-state index contributed by atoms with van der Waals surface area (Å²) in [6.45, 7) is 7.28. The van der Waals surface area contributed by atoms with E-state index in [1.54, 1.807) is 7.11 Å². The second-order valence-corrected chi connectivity index (χ2v) is 9.84. The van der Waals surface area contributed by atoms with Gasteiger partial charge in [0.05, 0.1) is 20.3 Å². The van der Waals surface area contributed by atoms with E-state index in [-0.39, 0.29) is 5.92 Å². The third-order valence-electron chi connectivity index (χ3n) is 7.10. The number of methoxy groups -OCH3 is 1. The van der Waals surface area contributed by atoms with Crippen LogP contribution in [0.2, 0.25) is 0 Å². The number of benzene rings is 2. The lowest BCUT2D eigenvalue weighted by molar-refractivity contribution is -0.140. The van der Waals surface area contributed by atoms with Gasteiger partial charge < -0.3 is 19.4 Å². The minimum Gasteiger partial charge on any atom is -0.497 e. The van der Waals surface area contributed by atoms with E-state index in [1.807, 2.05) is 17.0 Å². The van der Waals surface area contributed by atoms with Crippen molar-refractivity contribution in [1.29, 1.82) is 0 Å². The summed E-state index contributed by atoms with van der Waals surface area (Å²) in [5, 5.41) is 1.29. The molecule has 0 bridgehead atoms. The lowest BCUT2D eigenvalue weighted by atomic mass is 9.84. The molecule has 174 valence electrons. The number of aryl methyl sites for hydroxylation is 1. The van der Waals surface area contributed by atoms with Crippen molar-refractivity contribution in [3.05, 3.63) is 53.2 Å². The first kappa shape index (κ1) is 22.0. The van der Waals surface area contributed by atoms with E-state index in [0.717, 1.165) is 44.5 Å². The van der Waals surface area contributed by atoms with Gasteiger partial charge in [0, 0.05) is 35.6 Å². The van der Waals surface area contributed by atoms with Gasteiger partial charge in [-0.15, -0.1) is 0 Å². The number of H-pyrrole nitrogens is 1. The summed E-state index contributed by atoms with van der Waals surface area (Å²) in [5.74, 6) is 1.79. The second-order valence-electron chi connectivity index (χ2n) is 9.84. The van der Waals surface area contributed by atoms with Crippen molar-refractivity contribution < 1.29 is 14.3 Å². The van der Waals surface area contributed by atoms with Gasteiger partial charge in [0.25, 0.3) is 0 Å². The van der Waals surface area contributed by atoms with Crippen molar-refractivity contribution in [2.45, 2.75) is 39.5 Å². The summed E-state index contributed by atoms with van der Waals surface area (Å²) in [6.07, 6.45) is 3.69. The minimum atomic E-state index is 0.0628. The number of carbonyl (C=O) groups is 1. The van der Waals surface area contributed by atoms with Crippen LogP contribution in [0.25, 0.3) is 22.0 Å². The smallest absolute Gasteiger partial charge is 0.226 e. The Morgan fingerprint density at radius 2 is 1.91 bits per heavy atom. The highest BCUT2D eigenvalue weighted by atomic mass is 16.5. The Balaban J connectivity index is 1.53. The van der Waals surface area contributed by atoms with Crippen LogP contribution in [0.15, 0.2) is 36.4 Å². The number of amides is 1. The molecule has 0 radical (unpaired) electrons. The Labute approximate surface area is 196 Å². The van der Waals surface area contributed by atoms with Crippen LogP contribution in [0, 0.1) is 11.8 Å². The third kappa shape index (κ3) is 4.39. The van der Waals surface area contributed by atoms with Crippen LogP contribution in [-0.4, -0.2) is 49.2 Å². The number of hydrogen-bond donors (Lipinski definition) is 1. The largest absolute Gasteiger partial charge is 0.497 e. The highest BCUT2D eigenvalue weighted by molar-refractivity contribution is 5.93. The van der Waals surface area contributed by atoms with E-state index in [0.29, 0.717) is 25.0 Å². The first-order chi connectivity index (χ1) is 16.0. The molecular weight excluding hydrogens is 412 g/mol. The fourth-order valence-electron chi connectivity index (χ4n) is 5.39. The predicted octanol–water partition coefficient (Wildman–Crippen LogP) is 5.01. The topological polar surface area (TPSA) is 54.6 Å². The van der Waals surface area contributed by atoms with Crippen LogP contribution in [0.1, 0.15) is 37.1 Å². The average molecular weight is 447 g/mol. The number of morpholine rings is 1. The van der Waals surface area contributed by atoms with E-state index in [4.69, 9.17) is 9.47 Å². The van der Waals surface area contributed by atoms with E-state index >= 15 is 0 Å². The first-order valence-electron chi connectivity index (χ1n) is 12.2. The number of nitrogens with zero attached hydrogens (tertiary/aromatic N) is 1. The van der Waals surface area contributed by atoms with Crippen LogP contribution in [0.4, 0.5) is 0 Å². The molecule has 5 heteroatoms. The van der Waals surface area contributed by atoms with E-state index in [9.17, 15) is 4.79 Å². The van der Waals surface area contributed by atoms with Gasteiger partial charge in [0.2, 0.25) is 5.91 Å². The molecule has 1 aliphatic heterocycles. The maximum atomic E-state index is 13.2. The Hall–Kier alpha value is -2.79. The molecule has 1 aromatic heterocycles. The molecule has 1 aliphatic carbocycles. The molecule has 2 aliphatic rings. The number of fused-ring (bicyclic) bond motifs is 3. The van der Waals surface area contributed by atoms with Crippen LogP contribution < -0.4 is 4.74 Å². The molecule has 1 atom stereocenters. The Bertz CT molecular complexity index is 1140. The van der Waals surface area contributed by atoms with E-state index < -0.39 is 0 Å². The lowest BCUT2D eigenvalue weighted by Crippen LogP contribution is -2.44. The monoisotopic (exact) mass is 446 g/mol. The highest BCUT2D eigenvalue weighted by Gasteiger charge is 2.31. The molecular formula is C28H34N2O3. The molecule has 3 aromatic rings. The standard InChI is InChI=1S/C28H34N2O3/c1-18(2)14-22-15-21(19-4-7-23(32-3)8-5-19)17-25-24-16-20(6-9-26(24)29-27(22)25)28(31)30-10-12-33-13-11-30/h4-5,7-8,15,17-18,20,29H,6,9-14,16H2,1-3H3. The van der Waals surface area contributed by atoms with Gasteiger partial charge in [-0.1, -0.05) is 26.0 Å². The van der Waals surface area contributed by atoms with E-state index in [2.05, 4.69) is 43.1 Å². The SMILES string of the molecule is COc1ccc(-c2cc(CC(C)C)c3[nH]c4c(c3c2)CC(C(=O)N2CCOCC2)CC4)cc1. The molecule has 1 saturated heterocycles. The van der Waals surface area contributed by atoms with Crippen molar-refractivity contribution in [2.24, 2.45) is 11.8 Å². The fraction of sp³-hybridized carbons (Fsp3) is 0.464. The molecule has 1 fully saturated rings. The molecule has 5 nitrogen and oxygen atoms in total. The van der Waals surface area contributed by atoms with Gasteiger partial charge in [-0.25, -0.2) is 0 Å². The summed E-state index contributed by atoms with van der Waals surface area (Å²) in [7, 11) is 1.70. The maximum absolute atomic E-state index is 13.2. The number of ether oxygens (including phenoxy) is 2. The summed E-state index contributed by atoms with van der Waals surface area (Å²) < 4.78 is 10.8. The average Bonchev–Trinajstić information content (AvgIpc) is 3.22. The maximum Gasteiger partial charge on any atom is 0.226 e. The third-order valence-corrected chi connectivity index (χ3v) is 7.10. The number of aromatic amines is 1. The fourth-order valence-corrected chi connectivity index (χ4v) is 5.39. The zero-order valence-electron chi connectivity index (χ0n) is 19.9. The van der Waals surface area contributed by atoms with Crippen molar-refractivity contribution in [3.8, 4) is 16.9 Å². The molecule has 2 heterocycles. The van der Waals surface area contributed by atoms with Gasteiger partial charge in [-0.2, -0.15) is 0 Å². The Kier molecular flexibility index (Phi) is 6.15. The zero-order valence-corrected chi connectivity index (χ0v) is 19.9. The minimum absolute atomic E-state index is 0.0628. The molecule has 1 amide bonds. The number of aromatic nitrogens is 1. The molecule has 0 saturated carbocycles. The van der Waals surface area contributed by atoms with Crippen LogP contribution in [0.3, 0.4) is 0 Å². The predicted molar refractivity (Wildman–Crippen MR) is 132 cm³/mol. The zero-order chi connectivity index (χ0) is 22.9. The Morgan fingerprint density at radius 3 is 2.61 bits per heavy atom. The number of rotatable bonds is 5. The first-order valence-corrected chi connectivity index (χ1v) is 12.2. The van der Waals surface area contributed by atoms with Gasteiger partial charge in [-0.05, 0) is 78.1 Å². The lowest BCUT2D eigenvalue weighted by Gasteiger charge is -2.32. The molecule has 1 unspecified atom stereocenters. The quantitative estimate of drug-likeness (QED) is 0.600. The summed E-state index contributed by atoms with van der Waals surface area (Å²) >= 11 is 0. The summed E-state index contributed by atoms with van der Waals surface area (Å²) in [5.41, 5.74) is 7.68. The normalized spacial score (nSPS) is 18.5. The van der Waals surface area contributed by atoms with Crippen LogP contribution in [0.5, 0.6) is 5.75 Å². The highest BCUT2D eigenvalue weighted by Crippen LogP contribution is 2.37. The van der Waals surface area contributed by atoms with Crippen molar-refractivity contribution in [1.82, 2.24) is 9.88 Å². The Morgan fingerprint density at radius 1 is 1.15 bits per heavy atom. The number of nitrogens with one attached hydrogen (secondary N) is 1. The molecule has 2 aromatic carbocycles. The van der Waals surface area contributed by atoms with Gasteiger partial charge >= 0.3 is 0 Å². The molecule has 1 N–H and O–H groups in total. The van der Waals surface area contributed by atoms with Gasteiger partial charge in [0.1, 0.15) is 5.75 Å². The molecule has 5 rings (SSSR count). The second kappa shape index (κ2) is 9.22. The number of carbonyl (C=O) groups excluding carboxylic acids is 1. The van der Waals surface area contributed by atoms with Crippen molar-refractivity contribution in [2.75, 3.05) is 33.4 Å². The van der Waals surface area contributed by atoms with Crippen LogP contribution >= 0.6 is 0 Å². The van der Waals surface area contributed by atoms with Crippen LogP contribution in [-0.2, 0) is 28.8 Å². The van der Waals surface area contributed by atoms with Crippen molar-refractivity contribution >= 4 is 16.8 Å². The van der Waals surface area contributed by atoms with Gasteiger partial charge in [-0.3, -0.25) is 4.79 Å².